The Morgan fingerprint density at radius 3 is 2.56 bits per heavy atom. The Balaban J connectivity index is 0.968. The van der Waals surface area contributed by atoms with Gasteiger partial charge in [-0.1, -0.05) is 28.7 Å². The topological polar surface area (TPSA) is 113 Å². The van der Waals surface area contributed by atoms with Crippen LogP contribution in [0.3, 0.4) is 0 Å². The molecule has 0 spiro atoms. The zero-order valence-electron chi connectivity index (χ0n) is 28.6. The number of amides is 2. The van der Waals surface area contributed by atoms with Gasteiger partial charge in [0.05, 0.1) is 11.9 Å². The predicted octanol–water partition coefficient (Wildman–Crippen LogP) is 6.15. The van der Waals surface area contributed by atoms with Gasteiger partial charge in [-0.2, -0.15) is 9.51 Å². The SMILES string of the molecule is O=C(NC1CCC(C2C(=O)c3cc(F)ncc3N(c3cccc(-c4ccc(OCCN5CCCC5)cc4)c3)C2=O)CC1)c1cn2c(n1)C=CN(F)C2. The molecule has 13 heteroatoms. The third-order valence-corrected chi connectivity index (χ3v) is 10.6. The van der Waals surface area contributed by atoms with E-state index in [0.717, 1.165) is 42.6 Å². The summed E-state index contributed by atoms with van der Waals surface area (Å²) in [6, 6.07) is 16.3. The van der Waals surface area contributed by atoms with E-state index in [4.69, 9.17) is 4.74 Å². The van der Waals surface area contributed by atoms with Crippen LogP contribution in [-0.2, 0) is 11.5 Å². The first-order chi connectivity index (χ1) is 25.3. The molecule has 4 aliphatic rings. The molecule has 11 nitrogen and oxygen atoms in total. The third kappa shape index (κ3) is 6.80. The molecule has 2 fully saturated rings. The Kier molecular flexibility index (Phi) is 9.27. The number of anilines is 2. The fourth-order valence-electron chi connectivity index (χ4n) is 7.87. The maximum absolute atomic E-state index is 14.5. The first-order valence-corrected chi connectivity index (χ1v) is 17.9. The number of pyridine rings is 1. The zero-order chi connectivity index (χ0) is 35.8. The third-order valence-electron chi connectivity index (χ3n) is 10.6. The standard InChI is InChI=1S/C39H39F2N7O4/c40-34-21-31-33(22-42-34)48(29-5-3-4-27(20-29)25-8-12-30(13-9-25)52-19-18-45-15-1-2-16-45)39(51)36(37(31)49)26-6-10-28(11-7-26)43-38(50)32-23-46-24-47(41)17-14-35(46)44-32/h3-5,8-9,12-14,17,20-23,26,28,36H,1-2,6-7,10-11,15-16,18-19,24H2,(H,43,50). The lowest BCUT2D eigenvalue weighted by atomic mass is 9.73. The second-order valence-corrected chi connectivity index (χ2v) is 13.9. The molecule has 8 rings (SSSR count). The number of likely N-dealkylation sites (tertiary alicyclic amines) is 1. The van der Waals surface area contributed by atoms with Crippen molar-refractivity contribution in [3.8, 4) is 16.9 Å². The lowest BCUT2D eigenvalue weighted by molar-refractivity contribution is -0.122. The minimum Gasteiger partial charge on any atom is -0.492 e. The van der Waals surface area contributed by atoms with Crippen LogP contribution in [0.1, 0.15) is 65.2 Å². The number of halogens is 2. The number of carbonyl (C=O) groups is 3. The zero-order valence-corrected chi connectivity index (χ0v) is 28.6. The number of nitrogens with zero attached hydrogens (tertiary/aromatic N) is 6. The van der Waals surface area contributed by atoms with Crippen LogP contribution in [-0.4, -0.2) is 74.4 Å². The molecule has 2 amide bonds. The number of hydrogen-bond acceptors (Lipinski definition) is 8. The first-order valence-electron chi connectivity index (χ1n) is 17.9. The average Bonchev–Trinajstić information content (AvgIpc) is 3.83. The monoisotopic (exact) mass is 707 g/mol. The van der Waals surface area contributed by atoms with Crippen LogP contribution in [0.2, 0.25) is 0 Å². The summed E-state index contributed by atoms with van der Waals surface area (Å²) in [6.45, 7) is 3.74. The second-order valence-electron chi connectivity index (χ2n) is 13.9. The fraction of sp³-hybridized carbons (Fsp3) is 0.359. The van der Waals surface area contributed by atoms with Crippen molar-refractivity contribution in [2.24, 2.45) is 11.8 Å². The van der Waals surface area contributed by atoms with Crippen LogP contribution >= 0.6 is 0 Å². The van der Waals surface area contributed by atoms with E-state index in [0.29, 0.717) is 48.9 Å². The molecular formula is C39H39F2N7O4. The Morgan fingerprint density at radius 2 is 1.77 bits per heavy atom. The van der Waals surface area contributed by atoms with E-state index < -0.39 is 17.6 Å². The normalized spacial score (nSPS) is 21.6. The molecule has 2 aromatic carbocycles. The highest BCUT2D eigenvalue weighted by Gasteiger charge is 2.46. The summed E-state index contributed by atoms with van der Waals surface area (Å²) in [6.07, 6.45) is 10.1. The lowest BCUT2D eigenvalue weighted by Crippen LogP contribution is -2.47. The Hall–Kier alpha value is -5.43. The number of fused-ring (bicyclic) bond motifs is 2. The molecule has 1 atom stereocenters. The van der Waals surface area contributed by atoms with Crippen molar-refractivity contribution in [3.63, 3.8) is 0 Å². The molecule has 4 aromatic rings. The molecule has 1 unspecified atom stereocenters. The van der Waals surface area contributed by atoms with Gasteiger partial charge in [-0.15, -0.1) is 0 Å². The van der Waals surface area contributed by atoms with Crippen molar-refractivity contribution in [1.29, 1.82) is 0 Å². The van der Waals surface area contributed by atoms with Crippen molar-refractivity contribution < 1.29 is 28.0 Å². The number of ketones is 1. The largest absolute Gasteiger partial charge is 0.492 e. The number of Topliss-reactive ketones (excluding diaryl/α,β-unsaturated/α-hetero) is 1. The Bertz CT molecular complexity index is 2020. The molecule has 3 aliphatic heterocycles. The Labute approximate surface area is 299 Å². The van der Waals surface area contributed by atoms with Crippen molar-refractivity contribution in [3.05, 3.63) is 96.2 Å². The van der Waals surface area contributed by atoms with Crippen LogP contribution in [0, 0.1) is 17.8 Å². The van der Waals surface area contributed by atoms with E-state index in [2.05, 4.69) is 20.2 Å². The number of carbonyl (C=O) groups excluding carboxylic acids is 3. The van der Waals surface area contributed by atoms with Gasteiger partial charge in [-0.25, -0.2) is 9.97 Å². The van der Waals surface area contributed by atoms with Gasteiger partial charge in [0.25, 0.3) is 5.91 Å². The minimum absolute atomic E-state index is 0.0489. The minimum atomic E-state index is -1.01. The molecule has 1 saturated carbocycles. The second kappa shape index (κ2) is 14.3. The maximum atomic E-state index is 14.5. The van der Waals surface area contributed by atoms with E-state index >= 15 is 0 Å². The number of hydrogen-bond donors (Lipinski definition) is 1. The quantitative estimate of drug-likeness (QED) is 0.125. The molecule has 2 aromatic heterocycles. The van der Waals surface area contributed by atoms with E-state index in [-0.39, 0.29) is 47.4 Å². The first kappa shape index (κ1) is 33.7. The molecule has 1 aliphatic carbocycles. The van der Waals surface area contributed by atoms with Crippen LogP contribution in [0.15, 0.2) is 73.2 Å². The van der Waals surface area contributed by atoms with Crippen LogP contribution < -0.4 is 15.0 Å². The number of nitrogens with one attached hydrogen (secondary N) is 1. The lowest BCUT2D eigenvalue weighted by Gasteiger charge is -2.39. The summed E-state index contributed by atoms with van der Waals surface area (Å²) in [5.74, 6) is -1.99. The summed E-state index contributed by atoms with van der Waals surface area (Å²) in [4.78, 5) is 53.3. The van der Waals surface area contributed by atoms with Crippen molar-refractivity contribution in [2.45, 2.75) is 51.2 Å². The molecule has 1 saturated heterocycles. The number of rotatable bonds is 9. The summed E-state index contributed by atoms with van der Waals surface area (Å²) in [5.41, 5.74) is 2.91. The van der Waals surface area contributed by atoms with Gasteiger partial charge in [0.15, 0.2) is 5.78 Å². The van der Waals surface area contributed by atoms with Gasteiger partial charge < -0.3 is 14.6 Å². The number of ether oxygens (including phenoxy) is 1. The van der Waals surface area contributed by atoms with Gasteiger partial charge in [0, 0.05) is 42.3 Å². The number of aromatic nitrogens is 3. The average molecular weight is 708 g/mol. The molecule has 0 bridgehead atoms. The molecule has 268 valence electrons. The molecule has 1 N–H and O–H groups in total. The van der Waals surface area contributed by atoms with Crippen LogP contribution in [0.4, 0.5) is 20.2 Å². The van der Waals surface area contributed by atoms with Crippen molar-refractivity contribution in [2.75, 3.05) is 31.1 Å². The van der Waals surface area contributed by atoms with E-state index in [1.54, 1.807) is 10.6 Å². The van der Waals surface area contributed by atoms with E-state index in [9.17, 15) is 23.3 Å². The van der Waals surface area contributed by atoms with Crippen molar-refractivity contribution in [1.82, 2.24) is 29.9 Å². The summed E-state index contributed by atoms with van der Waals surface area (Å²) >= 11 is 0. The van der Waals surface area contributed by atoms with Crippen LogP contribution in [0.5, 0.6) is 5.75 Å². The summed E-state index contributed by atoms with van der Waals surface area (Å²) in [7, 11) is 0. The van der Waals surface area contributed by atoms with Gasteiger partial charge in [0.2, 0.25) is 11.9 Å². The maximum Gasteiger partial charge on any atom is 0.271 e. The fourth-order valence-corrected chi connectivity index (χ4v) is 7.87. The highest BCUT2D eigenvalue weighted by atomic mass is 19.2. The number of imidazole rings is 1. The summed E-state index contributed by atoms with van der Waals surface area (Å²) in [5, 5.41) is 3.51. The highest BCUT2D eigenvalue weighted by molar-refractivity contribution is 6.24. The predicted molar refractivity (Wildman–Crippen MR) is 190 cm³/mol. The summed E-state index contributed by atoms with van der Waals surface area (Å²) < 4.78 is 35.6. The molecule has 0 radical (unpaired) electrons. The van der Waals surface area contributed by atoms with Crippen molar-refractivity contribution >= 4 is 35.0 Å². The van der Waals surface area contributed by atoms with Gasteiger partial charge in [-0.3, -0.25) is 24.2 Å². The van der Waals surface area contributed by atoms with E-state index in [1.165, 1.54) is 42.4 Å². The highest BCUT2D eigenvalue weighted by Crippen LogP contribution is 2.43. The van der Waals surface area contributed by atoms with Gasteiger partial charge >= 0.3 is 0 Å². The number of benzene rings is 2. The molecule has 52 heavy (non-hydrogen) atoms. The van der Waals surface area contributed by atoms with Crippen LogP contribution in [0.25, 0.3) is 17.2 Å². The Morgan fingerprint density at radius 1 is 0.981 bits per heavy atom. The molecule has 5 heterocycles. The molecular weight excluding hydrogens is 668 g/mol. The van der Waals surface area contributed by atoms with Gasteiger partial charge in [0.1, 0.15) is 36.5 Å². The smallest absolute Gasteiger partial charge is 0.271 e. The van der Waals surface area contributed by atoms with Gasteiger partial charge in [-0.05, 0) is 99.0 Å². The van der Waals surface area contributed by atoms with E-state index in [1.807, 2.05) is 42.5 Å².